The Morgan fingerprint density at radius 3 is 2.75 bits per heavy atom. The summed E-state index contributed by atoms with van der Waals surface area (Å²) in [5, 5.41) is 5.77. The van der Waals surface area contributed by atoms with Gasteiger partial charge in [0.1, 0.15) is 0 Å². The van der Waals surface area contributed by atoms with Crippen LogP contribution in [-0.2, 0) is 0 Å². The second kappa shape index (κ2) is 6.07. The van der Waals surface area contributed by atoms with Crippen LogP contribution in [0.1, 0.15) is 27.6 Å². The largest absolute Gasteiger partial charge is 0.272 e. The highest BCUT2D eigenvalue weighted by molar-refractivity contribution is 7.99. The molecule has 2 heterocycles. The number of carbonyl (C=O) groups excluding carboxylic acids is 1. The summed E-state index contributed by atoms with van der Waals surface area (Å²) in [6.07, 6.45) is 0.399. The van der Waals surface area contributed by atoms with E-state index in [4.69, 9.17) is 11.6 Å². The van der Waals surface area contributed by atoms with E-state index in [1.54, 1.807) is 11.8 Å². The molecule has 0 fully saturated rings. The van der Waals surface area contributed by atoms with E-state index in [0.29, 0.717) is 22.4 Å². The zero-order valence-corrected chi connectivity index (χ0v) is 14.5. The number of fused-ring (bicyclic) bond motifs is 1. The first-order chi connectivity index (χ1) is 11.6. The van der Waals surface area contributed by atoms with Crippen molar-refractivity contribution in [3.05, 3.63) is 64.7 Å². The number of halogens is 1. The molecule has 0 bridgehead atoms. The minimum Gasteiger partial charge on any atom is -0.272 e. The van der Waals surface area contributed by atoms with E-state index in [-0.39, 0.29) is 11.2 Å². The van der Waals surface area contributed by atoms with Crippen molar-refractivity contribution in [1.29, 1.82) is 0 Å². The van der Waals surface area contributed by atoms with Gasteiger partial charge in [-0.1, -0.05) is 59.3 Å². The Morgan fingerprint density at radius 2 is 2.00 bits per heavy atom. The predicted octanol–water partition coefficient (Wildman–Crippen LogP) is 4.78. The van der Waals surface area contributed by atoms with Gasteiger partial charge in [-0.15, -0.1) is 5.10 Å². The van der Waals surface area contributed by atoms with Gasteiger partial charge < -0.3 is 0 Å². The zero-order valence-electron chi connectivity index (χ0n) is 12.9. The van der Waals surface area contributed by atoms with E-state index in [1.807, 2.05) is 55.5 Å². The molecule has 4 rings (SSSR count). The van der Waals surface area contributed by atoms with Gasteiger partial charge in [-0.25, -0.2) is 4.98 Å². The molecular formula is C18H14ClN3OS. The molecule has 1 aliphatic rings. The number of rotatable bonds is 2. The van der Waals surface area contributed by atoms with Crippen LogP contribution in [0.4, 0.5) is 0 Å². The Morgan fingerprint density at radius 1 is 1.21 bits per heavy atom. The van der Waals surface area contributed by atoms with Crippen molar-refractivity contribution < 1.29 is 4.79 Å². The third-order valence-corrected chi connectivity index (χ3v) is 5.39. The lowest BCUT2D eigenvalue weighted by molar-refractivity contribution is 0.0868. The lowest BCUT2D eigenvalue weighted by atomic mass is 10.1. The van der Waals surface area contributed by atoms with Crippen LogP contribution in [-0.4, -0.2) is 20.7 Å². The van der Waals surface area contributed by atoms with E-state index in [2.05, 4.69) is 10.1 Å². The first-order valence-corrected chi connectivity index (χ1v) is 8.85. The van der Waals surface area contributed by atoms with E-state index < -0.39 is 0 Å². The molecule has 0 amide bonds. The Hall–Kier alpha value is -2.11. The van der Waals surface area contributed by atoms with Gasteiger partial charge in [0.15, 0.2) is 11.0 Å². The third-order valence-electron chi connectivity index (χ3n) is 3.94. The Bertz CT molecular complexity index is 920. The molecule has 0 saturated carbocycles. The van der Waals surface area contributed by atoms with Gasteiger partial charge in [0, 0.05) is 22.3 Å². The quantitative estimate of drug-likeness (QED) is 0.663. The number of thioether (sulfide) groups is 1. The minimum absolute atomic E-state index is 0.0323. The summed E-state index contributed by atoms with van der Waals surface area (Å²) in [6.45, 7) is 2.02. The minimum atomic E-state index is -0.0323. The van der Waals surface area contributed by atoms with Gasteiger partial charge in [-0.05, 0) is 30.7 Å². The van der Waals surface area contributed by atoms with Gasteiger partial charge in [0.2, 0.25) is 0 Å². The zero-order chi connectivity index (χ0) is 16.7. The molecule has 4 nitrogen and oxygen atoms in total. The molecule has 0 saturated heterocycles. The van der Waals surface area contributed by atoms with E-state index in [1.165, 1.54) is 4.68 Å². The molecule has 0 aliphatic carbocycles. The van der Waals surface area contributed by atoms with Crippen molar-refractivity contribution in [3.8, 4) is 11.4 Å². The molecular weight excluding hydrogens is 342 g/mol. The molecule has 6 heteroatoms. The first kappa shape index (κ1) is 15.4. The summed E-state index contributed by atoms with van der Waals surface area (Å²) in [5.74, 6) is 0.557. The average molecular weight is 356 g/mol. The van der Waals surface area contributed by atoms with Crippen LogP contribution in [0.25, 0.3) is 11.4 Å². The van der Waals surface area contributed by atoms with Crippen LogP contribution in [0.2, 0.25) is 5.02 Å². The molecule has 0 unspecified atom stereocenters. The summed E-state index contributed by atoms with van der Waals surface area (Å²) in [7, 11) is 0. The molecule has 1 aliphatic heterocycles. The summed E-state index contributed by atoms with van der Waals surface area (Å²) in [5.41, 5.74) is 3.13. The average Bonchev–Trinajstić information content (AvgIpc) is 3.00. The number of aryl methyl sites for hydroxylation is 1. The summed E-state index contributed by atoms with van der Waals surface area (Å²) in [4.78, 5) is 17.0. The summed E-state index contributed by atoms with van der Waals surface area (Å²) >= 11 is 7.51. The first-order valence-electron chi connectivity index (χ1n) is 7.59. The number of aromatic nitrogens is 3. The Kier molecular flexibility index (Phi) is 3.90. The number of hydrogen-bond acceptors (Lipinski definition) is 4. The molecule has 0 radical (unpaired) electrons. The van der Waals surface area contributed by atoms with Gasteiger partial charge in [-0.2, -0.15) is 4.68 Å². The van der Waals surface area contributed by atoms with E-state index >= 15 is 0 Å². The SMILES string of the molecule is Cc1cccc(-c2nc3n(n2)C(=O)C[C@H](c2ccc(Cl)cc2)S3)c1. The molecule has 1 aromatic heterocycles. The number of hydrogen-bond donors (Lipinski definition) is 0. The lowest BCUT2D eigenvalue weighted by Crippen LogP contribution is -2.20. The number of carbonyl (C=O) groups is 1. The van der Waals surface area contributed by atoms with Crippen molar-refractivity contribution in [2.75, 3.05) is 0 Å². The van der Waals surface area contributed by atoms with Crippen LogP contribution >= 0.6 is 23.4 Å². The van der Waals surface area contributed by atoms with Gasteiger partial charge in [0.25, 0.3) is 5.91 Å². The highest BCUT2D eigenvalue weighted by Crippen LogP contribution is 2.41. The Labute approximate surface area is 148 Å². The van der Waals surface area contributed by atoms with Crippen molar-refractivity contribution in [3.63, 3.8) is 0 Å². The van der Waals surface area contributed by atoms with E-state index in [9.17, 15) is 4.79 Å². The fourth-order valence-corrected chi connectivity index (χ4v) is 4.00. The summed E-state index contributed by atoms with van der Waals surface area (Å²) < 4.78 is 1.43. The van der Waals surface area contributed by atoms with Crippen LogP contribution in [0.5, 0.6) is 0 Å². The highest BCUT2D eigenvalue weighted by atomic mass is 35.5. The molecule has 1 atom stereocenters. The fraction of sp³-hybridized carbons (Fsp3) is 0.167. The van der Waals surface area contributed by atoms with Crippen molar-refractivity contribution in [1.82, 2.24) is 14.8 Å². The smallest absolute Gasteiger partial charge is 0.250 e. The maximum atomic E-state index is 12.5. The van der Waals surface area contributed by atoms with Crippen molar-refractivity contribution in [2.24, 2.45) is 0 Å². The number of benzene rings is 2. The van der Waals surface area contributed by atoms with Crippen LogP contribution < -0.4 is 0 Å². The second-order valence-electron chi connectivity index (χ2n) is 5.76. The summed E-state index contributed by atoms with van der Waals surface area (Å²) in [6, 6.07) is 15.6. The second-order valence-corrected chi connectivity index (χ2v) is 7.36. The maximum Gasteiger partial charge on any atom is 0.250 e. The third kappa shape index (κ3) is 2.85. The van der Waals surface area contributed by atoms with Crippen LogP contribution in [0.3, 0.4) is 0 Å². The molecule has 0 N–H and O–H groups in total. The Balaban J connectivity index is 1.68. The highest BCUT2D eigenvalue weighted by Gasteiger charge is 2.30. The molecule has 3 aromatic rings. The van der Waals surface area contributed by atoms with Gasteiger partial charge >= 0.3 is 0 Å². The molecule has 2 aromatic carbocycles. The van der Waals surface area contributed by atoms with Crippen molar-refractivity contribution in [2.45, 2.75) is 23.8 Å². The predicted molar refractivity (Wildman–Crippen MR) is 95.5 cm³/mol. The normalized spacial score (nSPS) is 16.9. The standard InChI is InChI=1S/C18H14ClN3OS/c1-11-3-2-4-13(9-11)17-20-18-22(21-17)16(23)10-15(24-18)12-5-7-14(19)8-6-12/h2-9,15H,10H2,1H3/t15-/m1/s1. The van der Waals surface area contributed by atoms with E-state index in [0.717, 1.165) is 16.7 Å². The maximum absolute atomic E-state index is 12.5. The molecule has 24 heavy (non-hydrogen) atoms. The monoisotopic (exact) mass is 355 g/mol. The lowest BCUT2D eigenvalue weighted by Gasteiger charge is -2.20. The van der Waals surface area contributed by atoms with Crippen LogP contribution in [0, 0.1) is 6.92 Å². The number of nitrogens with zero attached hydrogens (tertiary/aromatic N) is 3. The van der Waals surface area contributed by atoms with Crippen molar-refractivity contribution >= 4 is 29.3 Å². The molecule has 120 valence electrons. The topological polar surface area (TPSA) is 47.8 Å². The fourth-order valence-electron chi connectivity index (χ4n) is 2.72. The molecule has 0 spiro atoms. The van der Waals surface area contributed by atoms with Crippen LogP contribution in [0.15, 0.2) is 53.7 Å². The van der Waals surface area contributed by atoms with Gasteiger partial charge in [0.05, 0.1) is 0 Å². The van der Waals surface area contributed by atoms with Gasteiger partial charge in [-0.3, -0.25) is 4.79 Å².